The van der Waals surface area contributed by atoms with Crippen LogP contribution in [0.4, 0.5) is 0 Å². The molecule has 0 spiro atoms. The van der Waals surface area contributed by atoms with Gasteiger partial charge in [-0.1, -0.05) is 54.1 Å². The Labute approximate surface area is 194 Å². The first-order valence-corrected chi connectivity index (χ1v) is 11.5. The van der Waals surface area contributed by atoms with Gasteiger partial charge in [-0.2, -0.15) is 0 Å². The number of hydrogen-bond donors (Lipinski definition) is 2. The highest BCUT2D eigenvalue weighted by Crippen LogP contribution is 2.14. The lowest BCUT2D eigenvalue weighted by molar-refractivity contribution is 0.0792. The van der Waals surface area contributed by atoms with E-state index in [4.69, 9.17) is 0 Å². The lowest BCUT2D eigenvalue weighted by atomic mass is 10.1. The van der Waals surface area contributed by atoms with E-state index < -0.39 is 0 Å². The number of nitrogens with zero attached hydrogens (tertiary/aromatic N) is 2. The van der Waals surface area contributed by atoms with Crippen LogP contribution in [0.3, 0.4) is 0 Å². The van der Waals surface area contributed by atoms with Gasteiger partial charge in [0.1, 0.15) is 5.56 Å². The number of aryl methyl sites for hydroxylation is 1. The van der Waals surface area contributed by atoms with Crippen LogP contribution in [0.1, 0.15) is 45.5 Å². The van der Waals surface area contributed by atoms with E-state index >= 15 is 0 Å². The van der Waals surface area contributed by atoms with Gasteiger partial charge in [0.15, 0.2) is 0 Å². The monoisotopic (exact) mass is 445 g/mol. The van der Waals surface area contributed by atoms with Gasteiger partial charge >= 0.3 is 0 Å². The predicted octanol–water partition coefficient (Wildman–Crippen LogP) is 3.09. The summed E-state index contributed by atoms with van der Waals surface area (Å²) in [6.07, 6.45) is 3.21. The van der Waals surface area contributed by atoms with Gasteiger partial charge in [-0.05, 0) is 48.6 Å². The molecule has 1 saturated heterocycles. The molecule has 0 saturated carbocycles. The van der Waals surface area contributed by atoms with Gasteiger partial charge in [-0.15, -0.1) is 0 Å². The molecule has 1 amide bonds. The Hall–Kier alpha value is -3.22. The first kappa shape index (κ1) is 23.0. The summed E-state index contributed by atoms with van der Waals surface area (Å²) in [4.78, 5) is 27.9. The number of piperidine rings is 1. The van der Waals surface area contributed by atoms with Gasteiger partial charge < -0.3 is 15.0 Å². The van der Waals surface area contributed by atoms with Crippen LogP contribution < -0.4 is 10.9 Å². The molecule has 172 valence electrons. The van der Waals surface area contributed by atoms with Gasteiger partial charge in [0.2, 0.25) is 0 Å². The van der Waals surface area contributed by atoms with Crippen LogP contribution in [0.25, 0.3) is 0 Å². The molecule has 1 aromatic heterocycles. The van der Waals surface area contributed by atoms with E-state index in [-0.39, 0.29) is 23.1 Å². The van der Waals surface area contributed by atoms with E-state index in [2.05, 4.69) is 22.3 Å². The van der Waals surface area contributed by atoms with E-state index in [1.807, 2.05) is 43.3 Å². The fourth-order valence-corrected chi connectivity index (χ4v) is 4.22. The molecule has 0 aliphatic carbocycles. The van der Waals surface area contributed by atoms with Crippen molar-refractivity contribution in [3.63, 3.8) is 0 Å². The minimum Gasteiger partial charge on any atom is -0.393 e. The molecule has 6 nitrogen and oxygen atoms in total. The summed E-state index contributed by atoms with van der Waals surface area (Å²) < 4.78 is 1.57. The Balaban J connectivity index is 1.34. The highest BCUT2D eigenvalue weighted by molar-refractivity contribution is 5.93. The minimum atomic E-state index is -0.366. The summed E-state index contributed by atoms with van der Waals surface area (Å²) in [5, 5.41) is 12.5. The summed E-state index contributed by atoms with van der Waals surface area (Å²) in [5.74, 6) is -0.366. The minimum absolute atomic E-state index is 0.147. The fourth-order valence-electron chi connectivity index (χ4n) is 4.22. The van der Waals surface area contributed by atoms with Crippen molar-refractivity contribution in [1.29, 1.82) is 0 Å². The molecule has 1 aliphatic heterocycles. The number of pyridine rings is 1. The molecular formula is C27H31N3O3. The van der Waals surface area contributed by atoms with E-state index in [0.717, 1.165) is 49.2 Å². The van der Waals surface area contributed by atoms with Crippen molar-refractivity contribution >= 4 is 5.91 Å². The predicted molar refractivity (Wildman–Crippen MR) is 129 cm³/mol. The van der Waals surface area contributed by atoms with Crippen molar-refractivity contribution in [2.75, 3.05) is 13.1 Å². The number of nitrogens with one attached hydrogen (secondary N) is 1. The number of aromatic nitrogens is 1. The third kappa shape index (κ3) is 6.18. The van der Waals surface area contributed by atoms with Gasteiger partial charge in [-0.3, -0.25) is 14.5 Å². The lowest BCUT2D eigenvalue weighted by Gasteiger charge is -2.29. The Bertz CT molecular complexity index is 1150. The highest BCUT2D eigenvalue weighted by Gasteiger charge is 2.17. The fraction of sp³-hybridized carbons (Fsp3) is 0.333. The molecule has 6 heteroatoms. The normalized spacial score (nSPS) is 14.8. The van der Waals surface area contributed by atoms with Crippen LogP contribution in [-0.2, 0) is 19.6 Å². The Morgan fingerprint density at radius 1 is 0.970 bits per heavy atom. The molecule has 1 fully saturated rings. The molecule has 0 radical (unpaired) electrons. The molecular weight excluding hydrogens is 414 g/mol. The highest BCUT2D eigenvalue weighted by atomic mass is 16.3. The van der Waals surface area contributed by atoms with Crippen LogP contribution in [0, 0.1) is 6.92 Å². The van der Waals surface area contributed by atoms with Crippen molar-refractivity contribution in [3.05, 3.63) is 105 Å². The molecule has 0 bridgehead atoms. The van der Waals surface area contributed by atoms with Crippen molar-refractivity contribution in [2.24, 2.45) is 0 Å². The van der Waals surface area contributed by atoms with Crippen molar-refractivity contribution in [2.45, 2.75) is 45.5 Å². The first-order chi connectivity index (χ1) is 16.0. The van der Waals surface area contributed by atoms with E-state index in [1.165, 1.54) is 5.56 Å². The molecule has 2 aromatic carbocycles. The number of carbonyl (C=O) groups excluding carboxylic acids is 1. The molecule has 1 aliphatic rings. The quantitative estimate of drug-likeness (QED) is 0.586. The third-order valence-electron chi connectivity index (χ3n) is 6.14. The standard InChI is InChI=1S/C27H31N3O3/c1-20-4-2-5-23(16-20)19-30-13-3-6-25(27(30)33)26(32)28-17-21-7-9-22(10-8-21)18-29-14-11-24(31)12-15-29/h2-10,13,16,24,31H,11-12,14-15,17-19H2,1H3,(H,28,32). The maximum Gasteiger partial charge on any atom is 0.263 e. The number of amides is 1. The second kappa shape index (κ2) is 10.6. The number of aliphatic hydroxyl groups excluding tert-OH is 1. The average molecular weight is 446 g/mol. The summed E-state index contributed by atoms with van der Waals surface area (Å²) in [6.45, 7) is 5.50. The van der Waals surface area contributed by atoms with E-state index in [1.54, 1.807) is 22.9 Å². The van der Waals surface area contributed by atoms with Crippen LogP contribution in [0.2, 0.25) is 0 Å². The molecule has 33 heavy (non-hydrogen) atoms. The zero-order valence-corrected chi connectivity index (χ0v) is 19.0. The van der Waals surface area contributed by atoms with E-state index in [9.17, 15) is 14.7 Å². The second-order valence-corrected chi connectivity index (χ2v) is 8.85. The van der Waals surface area contributed by atoms with Crippen molar-refractivity contribution in [3.8, 4) is 0 Å². The second-order valence-electron chi connectivity index (χ2n) is 8.85. The van der Waals surface area contributed by atoms with Crippen LogP contribution in [-0.4, -0.2) is 39.7 Å². The average Bonchev–Trinajstić information content (AvgIpc) is 2.81. The maximum atomic E-state index is 12.8. The number of benzene rings is 2. The van der Waals surface area contributed by atoms with Gasteiger partial charge in [0.25, 0.3) is 11.5 Å². The third-order valence-corrected chi connectivity index (χ3v) is 6.14. The summed E-state index contributed by atoms with van der Waals surface area (Å²) in [6, 6.07) is 19.5. The van der Waals surface area contributed by atoms with Gasteiger partial charge in [0, 0.05) is 32.4 Å². The number of hydrogen-bond acceptors (Lipinski definition) is 4. The summed E-state index contributed by atoms with van der Waals surface area (Å²) >= 11 is 0. The summed E-state index contributed by atoms with van der Waals surface area (Å²) in [7, 11) is 0. The molecule has 2 heterocycles. The molecule has 3 aromatic rings. The Morgan fingerprint density at radius 2 is 1.70 bits per heavy atom. The number of rotatable bonds is 7. The largest absolute Gasteiger partial charge is 0.393 e. The van der Waals surface area contributed by atoms with E-state index in [0.29, 0.717) is 13.1 Å². The maximum absolute atomic E-state index is 12.8. The van der Waals surface area contributed by atoms with Crippen LogP contribution in [0.5, 0.6) is 0 Å². The van der Waals surface area contributed by atoms with Crippen LogP contribution in [0.15, 0.2) is 71.7 Å². The molecule has 0 unspecified atom stereocenters. The molecule has 2 N–H and O–H groups in total. The van der Waals surface area contributed by atoms with Gasteiger partial charge in [0.05, 0.1) is 12.6 Å². The Morgan fingerprint density at radius 3 is 2.42 bits per heavy atom. The zero-order chi connectivity index (χ0) is 23.2. The van der Waals surface area contributed by atoms with Crippen LogP contribution >= 0.6 is 0 Å². The number of carbonyl (C=O) groups is 1. The van der Waals surface area contributed by atoms with Crippen molar-refractivity contribution in [1.82, 2.24) is 14.8 Å². The summed E-state index contributed by atoms with van der Waals surface area (Å²) in [5.41, 5.74) is 4.21. The zero-order valence-electron chi connectivity index (χ0n) is 19.0. The number of likely N-dealkylation sites (tertiary alicyclic amines) is 1. The smallest absolute Gasteiger partial charge is 0.263 e. The van der Waals surface area contributed by atoms with Crippen molar-refractivity contribution < 1.29 is 9.90 Å². The molecule has 0 atom stereocenters. The number of aliphatic hydroxyl groups is 1. The Kier molecular flexibility index (Phi) is 7.37. The first-order valence-electron chi connectivity index (χ1n) is 11.5. The lowest BCUT2D eigenvalue weighted by Crippen LogP contribution is -2.35. The van der Waals surface area contributed by atoms with Gasteiger partial charge in [-0.25, -0.2) is 0 Å². The topological polar surface area (TPSA) is 74.6 Å². The molecule has 4 rings (SSSR count). The SMILES string of the molecule is Cc1cccc(Cn2cccc(C(=O)NCc3ccc(CN4CCC(O)CC4)cc3)c2=O)c1.